The van der Waals surface area contributed by atoms with Gasteiger partial charge in [-0.1, -0.05) is 5.92 Å². The summed E-state index contributed by atoms with van der Waals surface area (Å²) in [5.41, 5.74) is 1.03. The van der Waals surface area contributed by atoms with E-state index in [9.17, 15) is 0 Å². The number of rotatable bonds is 1. The summed E-state index contributed by atoms with van der Waals surface area (Å²) in [6, 6.07) is 5.43. The van der Waals surface area contributed by atoms with Gasteiger partial charge in [0.15, 0.2) is 0 Å². The number of hydrogen-bond donors (Lipinski definition) is 0. The van der Waals surface area contributed by atoms with Gasteiger partial charge in [0, 0.05) is 18.5 Å². The summed E-state index contributed by atoms with van der Waals surface area (Å²) in [6.07, 6.45) is 2.23. The summed E-state index contributed by atoms with van der Waals surface area (Å²) in [4.78, 5) is 3.98. The minimum absolute atomic E-state index is 0.502. The van der Waals surface area contributed by atoms with Gasteiger partial charge in [-0.2, -0.15) is 5.26 Å². The molecule has 0 bridgehead atoms. The van der Waals surface area contributed by atoms with Crippen LogP contribution in [0, 0.1) is 23.2 Å². The van der Waals surface area contributed by atoms with Gasteiger partial charge in [0.25, 0.3) is 0 Å². The van der Waals surface area contributed by atoms with Crippen LogP contribution < -0.4 is 0 Å². The Morgan fingerprint density at radius 1 is 1.54 bits per heavy atom. The zero-order chi connectivity index (χ0) is 9.52. The molecular weight excluding hydrogens is 184 g/mol. The average molecular weight is 191 g/mol. The highest BCUT2D eigenvalue weighted by Gasteiger charge is 1.96. The first kappa shape index (κ1) is 9.58. The summed E-state index contributed by atoms with van der Waals surface area (Å²) in [5, 5.41) is 8.69. The van der Waals surface area contributed by atoms with Gasteiger partial charge < -0.3 is 0 Å². The van der Waals surface area contributed by atoms with Crippen LogP contribution >= 0.6 is 11.6 Å². The molecule has 0 aliphatic rings. The second kappa shape index (κ2) is 5.19. The third kappa shape index (κ3) is 2.78. The summed E-state index contributed by atoms with van der Waals surface area (Å²) < 4.78 is 0. The third-order valence-electron chi connectivity index (χ3n) is 1.35. The molecule has 0 aliphatic carbocycles. The first-order chi connectivity index (χ1) is 6.38. The standard InChI is InChI=1S/C10H7ClN2/c11-6-2-1-5-10-9(8-12)4-3-7-13-10/h3-4,7H,2,6H2. The van der Waals surface area contributed by atoms with Crippen LogP contribution in [-0.2, 0) is 0 Å². The van der Waals surface area contributed by atoms with Gasteiger partial charge in [-0.05, 0) is 18.1 Å². The number of nitriles is 1. The molecule has 0 saturated heterocycles. The van der Waals surface area contributed by atoms with E-state index in [-0.39, 0.29) is 0 Å². The molecule has 2 nitrogen and oxygen atoms in total. The van der Waals surface area contributed by atoms with Crippen molar-refractivity contribution in [3.63, 3.8) is 0 Å². The van der Waals surface area contributed by atoms with E-state index >= 15 is 0 Å². The van der Waals surface area contributed by atoms with Gasteiger partial charge in [0.1, 0.15) is 11.8 Å². The van der Waals surface area contributed by atoms with E-state index in [0.29, 0.717) is 23.6 Å². The van der Waals surface area contributed by atoms with Gasteiger partial charge in [0.2, 0.25) is 0 Å². The monoisotopic (exact) mass is 190 g/mol. The fraction of sp³-hybridized carbons (Fsp3) is 0.200. The Morgan fingerprint density at radius 2 is 2.38 bits per heavy atom. The molecule has 0 N–H and O–H groups in total. The first-order valence-corrected chi connectivity index (χ1v) is 4.32. The Kier molecular flexibility index (Phi) is 3.82. The SMILES string of the molecule is N#Cc1cccnc1C#CCCCl. The molecular formula is C10H7ClN2. The van der Waals surface area contributed by atoms with Crippen molar-refractivity contribution in [3.05, 3.63) is 29.6 Å². The Balaban J connectivity index is 2.91. The molecule has 0 saturated carbocycles. The van der Waals surface area contributed by atoms with E-state index in [2.05, 4.69) is 16.8 Å². The Labute approximate surface area is 82.2 Å². The predicted molar refractivity (Wildman–Crippen MR) is 51.2 cm³/mol. The average Bonchev–Trinajstić information content (AvgIpc) is 2.19. The van der Waals surface area contributed by atoms with Crippen molar-refractivity contribution in [1.29, 1.82) is 5.26 Å². The zero-order valence-electron chi connectivity index (χ0n) is 6.92. The molecule has 0 atom stereocenters. The van der Waals surface area contributed by atoms with Crippen molar-refractivity contribution in [2.75, 3.05) is 5.88 Å². The molecule has 0 unspecified atom stereocenters. The Morgan fingerprint density at radius 3 is 3.08 bits per heavy atom. The topological polar surface area (TPSA) is 36.7 Å². The van der Waals surface area contributed by atoms with Crippen molar-refractivity contribution in [2.45, 2.75) is 6.42 Å². The van der Waals surface area contributed by atoms with Crippen LogP contribution in [0.15, 0.2) is 18.3 Å². The van der Waals surface area contributed by atoms with Crippen LogP contribution in [0.4, 0.5) is 0 Å². The second-order valence-corrected chi connectivity index (χ2v) is 2.63. The quantitative estimate of drug-likeness (QED) is 0.501. The minimum Gasteiger partial charge on any atom is -0.246 e. The van der Waals surface area contributed by atoms with Gasteiger partial charge in [-0.25, -0.2) is 4.98 Å². The molecule has 0 fully saturated rings. The summed E-state index contributed by atoms with van der Waals surface area (Å²) in [7, 11) is 0. The Hall–Kier alpha value is -1.51. The van der Waals surface area contributed by atoms with Gasteiger partial charge in [0.05, 0.1) is 5.56 Å². The van der Waals surface area contributed by atoms with Crippen LogP contribution in [0.1, 0.15) is 17.7 Å². The summed E-state index contributed by atoms with van der Waals surface area (Å²) in [6.45, 7) is 0. The summed E-state index contributed by atoms with van der Waals surface area (Å²) >= 11 is 5.45. The smallest absolute Gasteiger partial charge is 0.130 e. The molecule has 1 rings (SSSR count). The molecule has 0 amide bonds. The molecule has 0 aliphatic heterocycles. The highest BCUT2D eigenvalue weighted by molar-refractivity contribution is 6.18. The normalized spacial score (nSPS) is 8.31. The van der Waals surface area contributed by atoms with Gasteiger partial charge in [-0.15, -0.1) is 11.6 Å². The van der Waals surface area contributed by atoms with E-state index in [4.69, 9.17) is 16.9 Å². The molecule has 1 aromatic heterocycles. The molecule has 0 spiro atoms. The number of pyridine rings is 1. The first-order valence-electron chi connectivity index (χ1n) is 3.78. The van der Waals surface area contributed by atoms with Crippen molar-refractivity contribution < 1.29 is 0 Å². The van der Waals surface area contributed by atoms with Crippen LogP contribution in [0.5, 0.6) is 0 Å². The predicted octanol–water partition coefficient (Wildman–Crippen LogP) is 1.93. The van der Waals surface area contributed by atoms with Crippen LogP contribution in [0.25, 0.3) is 0 Å². The number of halogens is 1. The lowest BCUT2D eigenvalue weighted by molar-refractivity contribution is 1.25. The number of nitrogens with zero attached hydrogens (tertiary/aromatic N) is 2. The van der Waals surface area contributed by atoms with Crippen molar-refractivity contribution in [1.82, 2.24) is 4.98 Å². The third-order valence-corrected chi connectivity index (χ3v) is 1.54. The van der Waals surface area contributed by atoms with E-state index in [1.807, 2.05) is 6.07 Å². The number of alkyl halides is 1. The van der Waals surface area contributed by atoms with E-state index in [1.165, 1.54) is 0 Å². The van der Waals surface area contributed by atoms with Crippen LogP contribution in [0.3, 0.4) is 0 Å². The molecule has 1 aromatic rings. The molecule has 64 valence electrons. The molecule has 0 radical (unpaired) electrons. The lowest BCUT2D eigenvalue weighted by atomic mass is 10.2. The second-order valence-electron chi connectivity index (χ2n) is 2.25. The van der Waals surface area contributed by atoms with E-state index < -0.39 is 0 Å². The maximum Gasteiger partial charge on any atom is 0.130 e. The van der Waals surface area contributed by atoms with E-state index in [1.54, 1.807) is 18.3 Å². The molecule has 0 aromatic carbocycles. The number of hydrogen-bond acceptors (Lipinski definition) is 2. The van der Waals surface area contributed by atoms with Crippen molar-refractivity contribution >= 4 is 11.6 Å². The fourth-order valence-electron chi connectivity index (χ4n) is 0.789. The summed E-state index contributed by atoms with van der Waals surface area (Å²) in [5.74, 6) is 6.13. The van der Waals surface area contributed by atoms with Gasteiger partial charge in [-0.3, -0.25) is 0 Å². The lowest BCUT2D eigenvalue weighted by Crippen LogP contribution is -1.86. The van der Waals surface area contributed by atoms with Crippen molar-refractivity contribution in [2.24, 2.45) is 0 Å². The Bertz CT molecular complexity index is 382. The van der Waals surface area contributed by atoms with Crippen LogP contribution in [0.2, 0.25) is 0 Å². The highest BCUT2D eigenvalue weighted by Crippen LogP contribution is 2.00. The van der Waals surface area contributed by atoms with Gasteiger partial charge >= 0.3 is 0 Å². The van der Waals surface area contributed by atoms with Crippen LogP contribution in [-0.4, -0.2) is 10.9 Å². The minimum atomic E-state index is 0.502. The largest absolute Gasteiger partial charge is 0.246 e. The molecule has 13 heavy (non-hydrogen) atoms. The number of aromatic nitrogens is 1. The highest BCUT2D eigenvalue weighted by atomic mass is 35.5. The van der Waals surface area contributed by atoms with Crippen molar-refractivity contribution in [3.8, 4) is 17.9 Å². The maximum absolute atomic E-state index is 8.69. The molecule has 1 heterocycles. The zero-order valence-corrected chi connectivity index (χ0v) is 7.67. The van der Waals surface area contributed by atoms with E-state index in [0.717, 1.165) is 0 Å². The fourth-order valence-corrected chi connectivity index (χ4v) is 0.883. The lowest BCUT2D eigenvalue weighted by Gasteiger charge is -1.90. The maximum atomic E-state index is 8.69. The molecule has 3 heteroatoms.